The Morgan fingerprint density at radius 1 is 1.00 bits per heavy atom. The van der Waals surface area contributed by atoms with Crippen molar-refractivity contribution in [2.75, 3.05) is 4.72 Å². The number of sulfonamides is 1. The van der Waals surface area contributed by atoms with Gasteiger partial charge in [-0.05, 0) is 68.1 Å². The smallest absolute Gasteiger partial charge is 0.264 e. The fraction of sp³-hybridized carbons (Fsp3) is 0.294. The van der Waals surface area contributed by atoms with E-state index in [1.165, 1.54) is 12.1 Å². The van der Waals surface area contributed by atoms with Gasteiger partial charge in [-0.25, -0.2) is 17.2 Å². The van der Waals surface area contributed by atoms with Gasteiger partial charge in [-0.15, -0.1) is 0 Å². The zero-order valence-electron chi connectivity index (χ0n) is 12.8. The molecule has 1 aliphatic rings. The highest BCUT2D eigenvalue weighted by atomic mass is 32.2. The molecule has 4 nitrogen and oxygen atoms in total. The van der Waals surface area contributed by atoms with Crippen LogP contribution in [0.2, 0.25) is 0 Å². The van der Waals surface area contributed by atoms with E-state index in [4.69, 9.17) is 4.74 Å². The average Bonchev–Trinajstić information content (AvgIpc) is 3.04. The molecule has 0 heterocycles. The summed E-state index contributed by atoms with van der Waals surface area (Å²) in [5.74, 6) is -1.18. The lowest BCUT2D eigenvalue weighted by Gasteiger charge is -2.14. The maximum atomic E-state index is 13.7. The SMILES string of the molecule is O=S(=O)(Nc1ccc(OC2CCCC2)cc1)c1cc(F)ccc1F. The molecule has 1 fully saturated rings. The molecule has 0 bridgehead atoms. The topological polar surface area (TPSA) is 55.4 Å². The molecule has 0 radical (unpaired) electrons. The normalized spacial score (nSPS) is 15.4. The van der Waals surface area contributed by atoms with E-state index in [9.17, 15) is 17.2 Å². The molecule has 0 aliphatic heterocycles. The molecule has 0 atom stereocenters. The quantitative estimate of drug-likeness (QED) is 0.881. The van der Waals surface area contributed by atoms with Crippen LogP contribution < -0.4 is 9.46 Å². The van der Waals surface area contributed by atoms with Crippen molar-refractivity contribution in [2.45, 2.75) is 36.7 Å². The van der Waals surface area contributed by atoms with Gasteiger partial charge in [0, 0.05) is 5.69 Å². The van der Waals surface area contributed by atoms with E-state index in [0.29, 0.717) is 11.8 Å². The van der Waals surface area contributed by atoms with E-state index in [-0.39, 0.29) is 11.8 Å². The van der Waals surface area contributed by atoms with Gasteiger partial charge >= 0.3 is 0 Å². The number of ether oxygens (including phenoxy) is 1. The molecular weight excluding hydrogens is 336 g/mol. The first-order valence-electron chi connectivity index (χ1n) is 7.69. The van der Waals surface area contributed by atoms with Crippen LogP contribution in [0.4, 0.5) is 14.5 Å². The summed E-state index contributed by atoms with van der Waals surface area (Å²) >= 11 is 0. The molecule has 0 spiro atoms. The second-order valence-electron chi connectivity index (χ2n) is 5.73. The van der Waals surface area contributed by atoms with E-state index in [1.54, 1.807) is 12.1 Å². The van der Waals surface area contributed by atoms with Crippen LogP contribution in [0, 0.1) is 11.6 Å². The fourth-order valence-corrected chi connectivity index (χ4v) is 3.84. The third-order valence-electron chi connectivity index (χ3n) is 3.89. The lowest BCUT2D eigenvalue weighted by Crippen LogP contribution is -2.15. The molecule has 0 saturated heterocycles. The van der Waals surface area contributed by atoms with Gasteiger partial charge in [0.2, 0.25) is 0 Å². The Balaban J connectivity index is 1.73. The van der Waals surface area contributed by atoms with Crippen molar-refractivity contribution in [3.63, 3.8) is 0 Å². The molecular formula is C17H17F2NO3S. The Bertz CT molecular complexity index is 816. The number of hydrogen-bond acceptors (Lipinski definition) is 3. The second kappa shape index (κ2) is 6.76. The van der Waals surface area contributed by atoms with Gasteiger partial charge in [0.1, 0.15) is 22.3 Å². The lowest BCUT2D eigenvalue weighted by molar-refractivity contribution is 0.210. The van der Waals surface area contributed by atoms with Crippen LogP contribution in [0.1, 0.15) is 25.7 Å². The number of nitrogens with one attached hydrogen (secondary N) is 1. The molecule has 2 aromatic rings. The molecule has 1 N–H and O–H groups in total. The van der Waals surface area contributed by atoms with Gasteiger partial charge < -0.3 is 4.74 Å². The largest absolute Gasteiger partial charge is 0.490 e. The van der Waals surface area contributed by atoms with E-state index < -0.39 is 26.6 Å². The zero-order chi connectivity index (χ0) is 17.2. The maximum absolute atomic E-state index is 13.7. The van der Waals surface area contributed by atoms with Gasteiger partial charge in [-0.2, -0.15) is 0 Å². The molecule has 0 unspecified atom stereocenters. The van der Waals surface area contributed by atoms with Crippen molar-refractivity contribution in [2.24, 2.45) is 0 Å². The van der Waals surface area contributed by atoms with Gasteiger partial charge in [0.25, 0.3) is 10.0 Å². The Morgan fingerprint density at radius 3 is 2.33 bits per heavy atom. The zero-order valence-corrected chi connectivity index (χ0v) is 13.7. The van der Waals surface area contributed by atoms with E-state index in [1.807, 2.05) is 0 Å². The summed E-state index contributed by atoms with van der Waals surface area (Å²) in [5, 5.41) is 0. The van der Waals surface area contributed by atoms with Crippen molar-refractivity contribution in [1.29, 1.82) is 0 Å². The van der Waals surface area contributed by atoms with Gasteiger partial charge in [-0.1, -0.05) is 0 Å². The van der Waals surface area contributed by atoms with Crippen LogP contribution in [0.5, 0.6) is 5.75 Å². The van der Waals surface area contributed by atoms with Gasteiger partial charge in [0.15, 0.2) is 0 Å². The first-order chi connectivity index (χ1) is 11.4. The highest BCUT2D eigenvalue weighted by molar-refractivity contribution is 7.92. The minimum absolute atomic E-state index is 0.203. The Labute approximate surface area is 139 Å². The summed E-state index contributed by atoms with van der Waals surface area (Å²) in [5.41, 5.74) is 0.248. The summed E-state index contributed by atoms with van der Waals surface area (Å²) in [7, 11) is -4.21. The Morgan fingerprint density at radius 2 is 1.67 bits per heavy atom. The molecule has 128 valence electrons. The third-order valence-corrected chi connectivity index (χ3v) is 5.29. The van der Waals surface area contributed by atoms with Crippen molar-refractivity contribution in [1.82, 2.24) is 0 Å². The van der Waals surface area contributed by atoms with Crippen LogP contribution in [0.25, 0.3) is 0 Å². The lowest BCUT2D eigenvalue weighted by atomic mass is 10.3. The summed E-state index contributed by atoms with van der Waals surface area (Å²) in [6, 6.07) is 8.65. The minimum Gasteiger partial charge on any atom is -0.490 e. The van der Waals surface area contributed by atoms with Crippen molar-refractivity contribution in [3.8, 4) is 5.75 Å². The maximum Gasteiger partial charge on any atom is 0.264 e. The highest BCUT2D eigenvalue weighted by Crippen LogP contribution is 2.26. The van der Waals surface area contributed by atoms with Crippen LogP contribution in [-0.4, -0.2) is 14.5 Å². The van der Waals surface area contributed by atoms with Crippen LogP contribution >= 0.6 is 0 Å². The number of halogens is 2. The highest BCUT2D eigenvalue weighted by Gasteiger charge is 2.20. The minimum atomic E-state index is -4.21. The predicted octanol–water partition coefficient (Wildman–Crippen LogP) is 4.09. The van der Waals surface area contributed by atoms with Gasteiger partial charge in [-0.3, -0.25) is 4.72 Å². The third kappa shape index (κ3) is 3.84. The van der Waals surface area contributed by atoms with E-state index >= 15 is 0 Å². The number of anilines is 1. The van der Waals surface area contributed by atoms with Gasteiger partial charge in [0.05, 0.1) is 6.10 Å². The van der Waals surface area contributed by atoms with Crippen molar-refractivity contribution < 1.29 is 21.9 Å². The van der Waals surface area contributed by atoms with E-state index in [2.05, 4.69) is 4.72 Å². The van der Waals surface area contributed by atoms with E-state index in [0.717, 1.165) is 37.8 Å². The molecule has 3 rings (SSSR count). The summed E-state index contributed by atoms with van der Waals surface area (Å²) < 4.78 is 59.2. The Kier molecular flexibility index (Phi) is 4.71. The molecule has 1 aliphatic carbocycles. The summed E-state index contributed by atoms with van der Waals surface area (Å²) in [6.45, 7) is 0. The molecule has 7 heteroatoms. The molecule has 24 heavy (non-hydrogen) atoms. The first kappa shape index (κ1) is 16.7. The monoisotopic (exact) mass is 353 g/mol. The summed E-state index contributed by atoms with van der Waals surface area (Å²) in [4.78, 5) is -0.728. The second-order valence-corrected chi connectivity index (χ2v) is 7.38. The van der Waals surface area contributed by atoms with Crippen molar-refractivity contribution in [3.05, 3.63) is 54.1 Å². The van der Waals surface area contributed by atoms with Crippen molar-refractivity contribution >= 4 is 15.7 Å². The first-order valence-corrected chi connectivity index (χ1v) is 9.17. The summed E-state index contributed by atoms with van der Waals surface area (Å²) in [6.07, 6.45) is 4.55. The Hall–Kier alpha value is -2.15. The number of rotatable bonds is 5. The van der Waals surface area contributed by atoms with Crippen LogP contribution in [0.15, 0.2) is 47.4 Å². The molecule has 0 aromatic heterocycles. The van der Waals surface area contributed by atoms with Crippen LogP contribution in [-0.2, 0) is 10.0 Å². The molecule has 1 saturated carbocycles. The number of benzene rings is 2. The standard InChI is InChI=1S/C17H17F2NO3S/c18-12-5-10-16(19)17(11-12)24(21,22)20-13-6-8-15(9-7-13)23-14-3-1-2-4-14/h5-11,14,20H,1-4H2. The van der Waals surface area contributed by atoms with Crippen LogP contribution in [0.3, 0.4) is 0 Å². The number of hydrogen-bond donors (Lipinski definition) is 1. The molecule has 2 aromatic carbocycles. The molecule has 0 amide bonds. The predicted molar refractivity (Wildman–Crippen MR) is 86.5 cm³/mol. The average molecular weight is 353 g/mol. The fourth-order valence-electron chi connectivity index (χ4n) is 2.69.